The third-order valence-electron chi connectivity index (χ3n) is 14.4. The van der Waals surface area contributed by atoms with Gasteiger partial charge in [0.15, 0.2) is 0 Å². The minimum Gasteiger partial charge on any atom is -0.444 e. The Morgan fingerprint density at radius 3 is 1.49 bits per heavy atom. The zero-order chi connectivity index (χ0) is 61.6. The zero-order valence-corrected chi connectivity index (χ0v) is 54.2. The number of nitrogens with one attached hydrogen (secondary N) is 1. The SMILES string of the molecule is CC(C)(C)OC(=O)N1CCCC(=O)CC1.CC1(N=[N+]=[N-])CCCN(S(=O)(=O)c2ccccc2C#N)CC1.CC1(O)CCCN(C(=O)OC(C)(C)C)CC1.CC1(O)CCCN(S(=O)(=O)c2ccccc2C#N)CC1.CC1(O)CCCNCC1.Cl.Cl. The number of Topliss-reactive ketones (excluding diaryl/α,β-unsaturated/α-hetero) is 1. The van der Waals surface area contributed by atoms with Gasteiger partial charge in [-0.25, -0.2) is 26.4 Å². The van der Waals surface area contributed by atoms with Gasteiger partial charge in [-0.15, -0.1) is 24.8 Å². The number of amides is 2. The molecule has 5 heterocycles. The number of benzene rings is 2. The summed E-state index contributed by atoms with van der Waals surface area (Å²) in [6.07, 6.45) is 9.65. The second-order valence-corrected chi connectivity index (χ2v) is 28.5. The van der Waals surface area contributed by atoms with Crippen LogP contribution in [0.3, 0.4) is 0 Å². The van der Waals surface area contributed by atoms with Crippen LogP contribution in [-0.4, -0.2) is 168 Å². The second-order valence-electron chi connectivity index (χ2n) is 24.7. The van der Waals surface area contributed by atoms with E-state index in [0.29, 0.717) is 97.1 Å². The number of halogens is 2. The van der Waals surface area contributed by atoms with E-state index in [1.54, 1.807) is 41.0 Å². The molecule has 84 heavy (non-hydrogen) atoms. The summed E-state index contributed by atoms with van der Waals surface area (Å²) in [4.78, 5) is 40.9. The molecule has 0 spiro atoms. The van der Waals surface area contributed by atoms with E-state index in [0.717, 1.165) is 51.6 Å². The number of ketones is 1. The molecule has 5 fully saturated rings. The summed E-state index contributed by atoms with van der Waals surface area (Å²) in [7, 11) is -7.40. The van der Waals surface area contributed by atoms with Crippen LogP contribution in [0.2, 0.25) is 0 Å². The molecule has 22 nitrogen and oxygen atoms in total. The number of carbonyl (C=O) groups is 3. The topological polar surface area (TPSA) is 320 Å². The predicted octanol–water partition coefficient (Wildman–Crippen LogP) is 9.78. The van der Waals surface area contributed by atoms with Crippen molar-refractivity contribution in [1.29, 1.82) is 10.5 Å². The van der Waals surface area contributed by atoms with E-state index in [1.165, 1.54) is 32.9 Å². The molecule has 7 rings (SSSR count). The van der Waals surface area contributed by atoms with Crippen molar-refractivity contribution >= 4 is 62.8 Å². The van der Waals surface area contributed by atoms with E-state index in [1.807, 2.05) is 74.5 Å². The molecule has 2 aromatic rings. The van der Waals surface area contributed by atoms with Crippen LogP contribution in [0.5, 0.6) is 0 Å². The number of hydrogen-bond acceptors (Lipinski definition) is 16. The smallest absolute Gasteiger partial charge is 0.410 e. The highest BCUT2D eigenvalue weighted by Gasteiger charge is 2.35. The Kier molecular flexibility index (Phi) is 31.7. The Hall–Kier alpha value is -4.82. The Balaban J connectivity index is 0.000000534. The van der Waals surface area contributed by atoms with Crippen molar-refractivity contribution in [2.75, 3.05) is 65.4 Å². The number of hydrogen-bond donors (Lipinski definition) is 4. The Morgan fingerprint density at radius 1 is 0.583 bits per heavy atom. The van der Waals surface area contributed by atoms with E-state index < -0.39 is 53.6 Å². The van der Waals surface area contributed by atoms with E-state index in [-0.39, 0.29) is 76.8 Å². The molecular formula is C58H94Cl2N10O12S2. The molecule has 5 aliphatic rings. The number of rotatable bonds is 5. The number of azide groups is 1. The molecule has 4 unspecified atom stereocenters. The Labute approximate surface area is 512 Å². The summed E-state index contributed by atoms with van der Waals surface area (Å²) in [5.41, 5.74) is 5.60. The van der Waals surface area contributed by atoms with Crippen molar-refractivity contribution < 1.29 is 56.0 Å². The monoisotopic (exact) mass is 1260 g/mol. The number of ether oxygens (including phenoxy) is 2. The Morgan fingerprint density at radius 2 is 1.00 bits per heavy atom. The van der Waals surface area contributed by atoms with Crippen LogP contribution < -0.4 is 5.32 Å². The van der Waals surface area contributed by atoms with Gasteiger partial charge in [0.25, 0.3) is 0 Å². The third kappa shape index (κ3) is 27.3. The molecule has 0 aliphatic carbocycles. The molecular weight excluding hydrogens is 1160 g/mol. The van der Waals surface area contributed by atoms with Gasteiger partial charge in [0.1, 0.15) is 29.1 Å². The summed E-state index contributed by atoms with van der Waals surface area (Å²) in [6, 6.07) is 16.2. The van der Waals surface area contributed by atoms with Crippen molar-refractivity contribution in [2.45, 2.75) is 209 Å². The van der Waals surface area contributed by atoms with Crippen LogP contribution in [-0.2, 0) is 34.3 Å². The fourth-order valence-corrected chi connectivity index (χ4v) is 12.7. The molecule has 26 heteroatoms. The molecule has 0 saturated carbocycles. The molecule has 4 N–H and O–H groups in total. The van der Waals surface area contributed by atoms with Gasteiger partial charge < -0.3 is 39.9 Å². The van der Waals surface area contributed by atoms with Gasteiger partial charge in [0.2, 0.25) is 20.0 Å². The standard InChI is InChI=1S/C14H17N5O2S.C14H18N2O3S.C12H23NO3.C11H19NO3.C7H15NO.2ClH/c1-14(17-18-16)7-4-9-19(10-8-14)22(20,21)13-6-3-2-5-12(13)11-15;1-14(17)7-4-9-16(10-8-14)20(18,19)13-6-3-2-5-12(13)11-15;1-11(2,3)16-10(14)13-8-5-6-12(4,15)7-9-13;1-11(2,3)15-10(14)12-7-4-5-9(13)6-8-12;1-7(9)3-2-5-8-6-4-7;;/h2-3,5-6H,4,7-10H2,1H3;2-3,5-6,17H,4,7-10H2,1H3;15H,5-9H2,1-4H3;4-8H2,1-3H3;8-9H,2-6H2,1H3;2*1H. The first-order valence-electron chi connectivity index (χ1n) is 28.5. The predicted molar refractivity (Wildman–Crippen MR) is 326 cm³/mol. The molecule has 5 saturated heterocycles. The highest BCUT2D eigenvalue weighted by Crippen LogP contribution is 2.31. The van der Waals surface area contributed by atoms with Crippen molar-refractivity contribution in [3.8, 4) is 12.1 Å². The van der Waals surface area contributed by atoms with Crippen LogP contribution in [0.4, 0.5) is 9.59 Å². The number of likely N-dealkylation sites (tertiary alicyclic amines) is 2. The van der Waals surface area contributed by atoms with Gasteiger partial charge >= 0.3 is 12.2 Å². The van der Waals surface area contributed by atoms with Crippen LogP contribution in [0.25, 0.3) is 10.4 Å². The second kappa shape index (κ2) is 34.5. The molecule has 2 amide bonds. The van der Waals surface area contributed by atoms with Gasteiger partial charge in [-0.1, -0.05) is 36.3 Å². The minimum atomic E-state index is -3.72. The molecule has 5 aliphatic heterocycles. The quantitative estimate of drug-likeness (QED) is 0.123. The van der Waals surface area contributed by atoms with E-state index in [2.05, 4.69) is 15.3 Å². The summed E-state index contributed by atoms with van der Waals surface area (Å²) >= 11 is 0. The van der Waals surface area contributed by atoms with Crippen molar-refractivity contribution in [3.05, 3.63) is 70.1 Å². The average molecular weight is 1260 g/mol. The fraction of sp³-hybridized carbons (Fsp3) is 0.707. The number of sulfonamides is 2. The van der Waals surface area contributed by atoms with Gasteiger partial charge in [-0.3, -0.25) is 4.79 Å². The van der Waals surface area contributed by atoms with Crippen LogP contribution >= 0.6 is 24.8 Å². The van der Waals surface area contributed by atoms with Gasteiger partial charge in [0.05, 0.1) is 37.7 Å². The maximum atomic E-state index is 12.8. The number of nitriles is 2. The highest BCUT2D eigenvalue weighted by atomic mass is 35.5. The number of carbonyl (C=O) groups excluding carboxylic acids is 3. The van der Waals surface area contributed by atoms with E-state index in [4.69, 9.17) is 25.5 Å². The zero-order valence-electron chi connectivity index (χ0n) is 51.0. The van der Waals surface area contributed by atoms with Gasteiger partial charge in [-0.2, -0.15) is 19.1 Å². The molecule has 4 atom stereocenters. The van der Waals surface area contributed by atoms with Crippen molar-refractivity contribution in [3.63, 3.8) is 0 Å². The maximum absolute atomic E-state index is 12.8. The minimum absolute atomic E-state index is 0. The lowest BCUT2D eigenvalue weighted by Crippen LogP contribution is -2.38. The lowest BCUT2D eigenvalue weighted by atomic mass is 9.94. The first-order valence-corrected chi connectivity index (χ1v) is 31.4. The average Bonchev–Trinajstić information content (AvgIpc) is 4.02. The molecule has 0 radical (unpaired) electrons. The molecule has 474 valence electrons. The van der Waals surface area contributed by atoms with Gasteiger partial charge in [0, 0.05) is 75.7 Å². The first-order chi connectivity index (χ1) is 38.1. The fourth-order valence-electron chi connectivity index (χ4n) is 9.46. The van der Waals surface area contributed by atoms with Crippen LogP contribution in [0.1, 0.15) is 177 Å². The van der Waals surface area contributed by atoms with Crippen molar-refractivity contribution in [1.82, 2.24) is 23.7 Å². The van der Waals surface area contributed by atoms with E-state index >= 15 is 0 Å². The summed E-state index contributed by atoms with van der Waals surface area (Å²) in [5, 5.41) is 54.7. The van der Waals surface area contributed by atoms with Crippen LogP contribution in [0.15, 0.2) is 63.4 Å². The van der Waals surface area contributed by atoms with Crippen molar-refractivity contribution in [2.24, 2.45) is 5.11 Å². The summed E-state index contributed by atoms with van der Waals surface area (Å²) in [5.74, 6) is 0.237. The van der Waals surface area contributed by atoms with E-state index in [9.17, 15) is 46.5 Å². The molecule has 0 aromatic heterocycles. The number of nitrogens with zero attached hydrogens (tertiary/aromatic N) is 9. The first kappa shape index (κ1) is 77.2. The molecule has 0 bridgehead atoms. The van der Waals surface area contributed by atoms with Gasteiger partial charge in [-0.05, 0) is 189 Å². The normalized spacial score (nSPS) is 24.6. The highest BCUT2D eigenvalue weighted by molar-refractivity contribution is 7.89. The number of aliphatic hydroxyl groups is 3. The lowest BCUT2D eigenvalue weighted by molar-refractivity contribution is -0.118. The summed E-state index contributed by atoms with van der Waals surface area (Å²) in [6.45, 7) is 24.1. The lowest BCUT2D eigenvalue weighted by Gasteiger charge is -2.26. The Bertz CT molecular complexity index is 2780. The third-order valence-corrected chi connectivity index (χ3v) is 18.3. The summed E-state index contributed by atoms with van der Waals surface area (Å²) < 4.78 is 64.1. The molecule has 2 aromatic carbocycles. The van der Waals surface area contributed by atoms with Crippen LogP contribution in [0, 0.1) is 22.7 Å². The largest absolute Gasteiger partial charge is 0.444 e. The maximum Gasteiger partial charge on any atom is 0.410 e.